The van der Waals surface area contributed by atoms with E-state index in [0.29, 0.717) is 0 Å². The van der Waals surface area contributed by atoms with E-state index in [1.54, 1.807) is 38.1 Å². The van der Waals surface area contributed by atoms with Crippen molar-refractivity contribution in [1.82, 2.24) is 9.80 Å². The van der Waals surface area contributed by atoms with Gasteiger partial charge in [-0.05, 0) is 26.0 Å². The van der Waals surface area contributed by atoms with Crippen molar-refractivity contribution in [1.29, 1.82) is 0 Å². The molecule has 0 spiro atoms. The van der Waals surface area contributed by atoms with Crippen molar-refractivity contribution >= 4 is 35.5 Å². The molecule has 0 radical (unpaired) electrons. The molecule has 4 rings (SSSR count). The lowest BCUT2D eigenvalue weighted by atomic mass is 9.95. The van der Waals surface area contributed by atoms with Gasteiger partial charge in [0.2, 0.25) is 0 Å². The van der Waals surface area contributed by atoms with Gasteiger partial charge in [0.15, 0.2) is 0 Å². The zero-order chi connectivity index (χ0) is 17.4. The first kappa shape index (κ1) is 15.2. The number of amides is 3. The Kier molecular flexibility index (Phi) is 2.91. The smallest absolute Gasteiger partial charge is 0.327 e. The Morgan fingerprint density at radius 3 is 2.17 bits per heavy atom. The van der Waals surface area contributed by atoms with Crippen LogP contribution < -0.4 is 0 Å². The van der Waals surface area contributed by atoms with Gasteiger partial charge in [-0.15, -0.1) is 11.8 Å². The van der Waals surface area contributed by atoms with E-state index < -0.39 is 45.9 Å². The summed E-state index contributed by atoms with van der Waals surface area (Å²) < 4.78 is -0.695. The Morgan fingerprint density at radius 2 is 1.67 bits per heavy atom. The quantitative estimate of drug-likeness (QED) is 0.629. The number of carboxylic acids is 1. The second-order valence-electron chi connectivity index (χ2n) is 6.57. The molecular formula is C16H14N2O5S. The number of fused-ring (bicyclic) bond motifs is 2. The molecule has 2 saturated heterocycles. The predicted molar refractivity (Wildman–Crippen MR) is 84.5 cm³/mol. The van der Waals surface area contributed by atoms with E-state index in [1.165, 1.54) is 16.7 Å². The summed E-state index contributed by atoms with van der Waals surface area (Å²) >= 11 is 1.31. The summed E-state index contributed by atoms with van der Waals surface area (Å²) in [6.45, 7) is 3.50. The molecule has 0 bridgehead atoms. The Labute approximate surface area is 141 Å². The summed E-state index contributed by atoms with van der Waals surface area (Å²) in [5, 5.41) is 8.91. The average Bonchev–Trinajstić information content (AvgIpc) is 2.92. The molecule has 3 atom stereocenters. The minimum Gasteiger partial charge on any atom is -0.480 e. The number of carbonyl (C=O) groups is 4. The predicted octanol–water partition coefficient (Wildman–Crippen LogP) is 0.798. The number of aliphatic carboxylic acids is 1. The standard InChI is InChI=1S/C16H14N2O5S/c1-16(2)10(15(22)23)18-13(21)9(14(18)24-16)17-11(19)7-5-3-4-6-8(7)12(17)20/h3-6,9-10,14H,1-2H3,(H,22,23)/t9?,10?,14-/m0/s1. The molecule has 1 aromatic rings. The maximum Gasteiger partial charge on any atom is 0.327 e. The number of rotatable bonds is 2. The first-order valence-electron chi connectivity index (χ1n) is 7.45. The molecule has 3 amide bonds. The molecule has 7 nitrogen and oxygen atoms in total. The van der Waals surface area contributed by atoms with Crippen LogP contribution in [0.25, 0.3) is 0 Å². The highest BCUT2D eigenvalue weighted by Gasteiger charge is 2.67. The number of carbonyl (C=O) groups excluding carboxylic acids is 3. The second-order valence-corrected chi connectivity index (χ2v) is 8.34. The average molecular weight is 346 g/mol. The normalized spacial score (nSPS) is 30.2. The molecule has 1 N–H and O–H groups in total. The number of β-lactam (4-membered cyclic amide) rings is 1. The van der Waals surface area contributed by atoms with Crippen molar-refractivity contribution in [3.8, 4) is 0 Å². The number of imide groups is 1. The first-order chi connectivity index (χ1) is 11.3. The molecule has 2 fully saturated rings. The Hall–Kier alpha value is -2.35. The van der Waals surface area contributed by atoms with E-state index in [2.05, 4.69) is 0 Å². The molecule has 8 heteroatoms. The van der Waals surface area contributed by atoms with Gasteiger partial charge in [-0.1, -0.05) is 12.1 Å². The largest absolute Gasteiger partial charge is 0.480 e. The van der Waals surface area contributed by atoms with Gasteiger partial charge in [-0.2, -0.15) is 0 Å². The maximum atomic E-state index is 12.6. The molecule has 24 heavy (non-hydrogen) atoms. The van der Waals surface area contributed by atoms with Gasteiger partial charge in [0.05, 0.1) is 11.1 Å². The minimum atomic E-state index is -1.08. The van der Waals surface area contributed by atoms with Crippen molar-refractivity contribution in [2.24, 2.45) is 0 Å². The molecule has 0 saturated carbocycles. The summed E-state index contributed by atoms with van der Waals surface area (Å²) in [5.41, 5.74) is 0.566. The third-order valence-electron chi connectivity index (χ3n) is 4.75. The van der Waals surface area contributed by atoms with Gasteiger partial charge in [0, 0.05) is 4.75 Å². The molecule has 3 heterocycles. The summed E-state index contributed by atoms with van der Waals surface area (Å²) in [6, 6.07) is 4.54. The van der Waals surface area contributed by atoms with Gasteiger partial charge in [0.1, 0.15) is 17.5 Å². The fourth-order valence-electron chi connectivity index (χ4n) is 3.69. The molecule has 3 aliphatic heterocycles. The van der Waals surface area contributed by atoms with Crippen molar-refractivity contribution < 1.29 is 24.3 Å². The lowest BCUT2D eigenvalue weighted by molar-refractivity contribution is -0.162. The van der Waals surface area contributed by atoms with Crippen molar-refractivity contribution in [2.45, 2.75) is 36.1 Å². The van der Waals surface area contributed by atoms with Crippen LogP contribution in [0, 0.1) is 0 Å². The van der Waals surface area contributed by atoms with E-state index in [1.807, 2.05) is 0 Å². The molecule has 1 aromatic carbocycles. The van der Waals surface area contributed by atoms with Gasteiger partial charge in [-0.25, -0.2) is 4.79 Å². The second kappa shape index (κ2) is 4.60. The summed E-state index contributed by atoms with van der Waals surface area (Å²) in [6.07, 6.45) is 0. The number of benzene rings is 1. The van der Waals surface area contributed by atoms with Crippen LogP contribution in [-0.4, -0.2) is 60.8 Å². The van der Waals surface area contributed by atoms with Crippen LogP contribution in [0.3, 0.4) is 0 Å². The van der Waals surface area contributed by atoms with Crippen molar-refractivity contribution in [3.63, 3.8) is 0 Å². The molecular weight excluding hydrogens is 332 g/mol. The monoisotopic (exact) mass is 346 g/mol. The third kappa shape index (κ3) is 1.69. The maximum absolute atomic E-state index is 12.6. The molecule has 0 aliphatic carbocycles. The molecule has 3 aliphatic rings. The number of carboxylic acid groups (broad SMARTS) is 1. The topological polar surface area (TPSA) is 95.0 Å². The van der Waals surface area contributed by atoms with Gasteiger partial charge >= 0.3 is 5.97 Å². The zero-order valence-corrected chi connectivity index (χ0v) is 13.7. The highest BCUT2D eigenvalue weighted by molar-refractivity contribution is 8.01. The van der Waals surface area contributed by atoms with E-state index in [-0.39, 0.29) is 11.1 Å². The molecule has 124 valence electrons. The van der Waals surface area contributed by atoms with Crippen LogP contribution in [0.2, 0.25) is 0 Å². The van der Waals surface area contributed by atoms with E-state index in [9.17, 15) is 24.3 Å². The van der Waals surface area contributed by atoms with Crippen LogP contribution in [0.15, 0.2) is 24.3 Å². The van der Waals surface area contributed by atoms with Crippen LogP contribution in [-0.2, 0) is 9.59 Å². The van der Waals surface area contributed by atoms with Crippen LogP contribution >= 0.6 is 11.8 Å². The summed E-state index contributed by atoms with van der Waals surface area (Å²) in [5.74, 6) is -2.55. The highest BCUT2D eigenvalue weighted by Crippen LogP contribution is 2.52. The first-order valence-corrected chi connectivity index (χ1v) is 8.33. The van der Waals surface area contributed by atoms with Gasteiger partial charge < -0.3 is 10.0 Å². The van der Waals surface area contributed by atoms with E-state index in [0.717, 1.165) is 4.90 Å². The number of nitrogens with zero attached hydrogens (tertiary/aromatic N) is 2. The number of hydrogen-bond acceptors (Lipinski definition) is 5. The van der Waals surface area contributed by atoms with E-state index >= 15 is 0 Å². The Morgan fingerprint density at radius 1 is 1.12 bits per heavy atom. The minimum absolute atomic E-state index is 0.283. The van der Waals surface area contributed by atoms with Crippen LogP contribution in [0.1, 0.15) is 34.6 Å². The molecule has 0 aromatic heterocycles. The lowest BCUT2D eigenvalue weighted by Gasteiger charge is -2.46. The zero-order valence-electron chi connectivity index (χ0n) is 12.9. The van der Waals surface area contributed by atoms with Crippen LogP contribution in [0.5, 0.6) is 0 Å². The summed E-state index contributed by atoms with van der Waals surface area (Å²) in [7, 11) is 0. The van der Waals surface area contributed by atoms with Crippen molar-refractivity contribution in [2.75, 3.05) is 0 Å². The lowest BCUT2D eigenvalue weighted by Crippen LogP contribution is -2.71. The fourth-order valence-corrected chi connectivity index (χ4v) is 5.36. The van der Waals surface area contributed by atoms with Gasteiger partial charge in [0.25, 0.3) is 17.7 Å². The summed E-state index contributed by atoms with van der Waals surface area (Å²) in [4.78, 5) is 51.5. The number of hydrogen-bond donors (Lipinski definition) is 1. The van der Waals surface area contributed by atoms with Crippen LogP contribution in [0.4, 0.5) is 0 Å². The Balaban J connectivity index is 1.69. The van der Waals surface area contributed by atoms with Gasteiger partial charge in [-0.3, -0.25) is 19.3 Å². The highest BCUT2D eigenvalue weighted by atomic mass is 32.2. The molecule has 2 unspecified atom stereocenters. The SMILES string of the molecule is CC1(C)S[C@H]2C(N3C(=O)c4ccccc4C3=O)C(=O)N2C1C(=O)O. The van der Waals surface area contributed by atoms with Crippen molar-refractivity contribution in [3.05, 3.63) is 35.4 Å². The Bertz CT molecular complexity index is 785. The van der Waals surface area contributed by atoms with E-state index in [4.69, 9.17) is 0 Å². The third-order valence-corrected chi connectivity index (χ3v) is 6.31. The fraction of sp³-hybridized carbons (Fsp3) is 0.375. The number of thioether (sulfide) groups is 1.